The molecule has 0 saturated heterocycles. The number of hydrogen-bond acceptors (Lipinski definition) is 6. The van der Waals surface area contributed by atoms with Crippen LogP contribution in [0.5, 0.6) is 11.5 Å². The Morgan fingerprint density at radius 1 is 1.03 bits per heavy atom. The molecule has 8 nitrogen and oxygen atoms in total. The molecule has 8 heteroatoms. The Morgan fingerprint density at radius 2 is 1.81 bits per heavy atom. The number of carbonyl (C=O) groups excluding carboxylic acids is 1. The van der Waals surface area contributed by atoms with Crippen LogP contribution in [0.1, 0.15) is 34.5 Å². The lowest BCUT2D eigenvalue weighted by molar-refractivity contribution is 0.0984. The van der Waals surface area contributed by atoms with Gasteiger partial charge in [-0.3, -0.25) is 4.79 Å². The van der Waals surface area contributed by atoms with Gasteiger partial charge >= 0.3 is 0 Å². The van der Waals surface area contributed by atoms with Crippen LogP contribution in [0.4, 0.5) is 5.69 Å². The maximum atomic E-state index is 13.5. The summed E-state index contributed by atoms with van der Waals surface area (Å²) in [4.78, 5) is 24.2. The van der Waals surface area contributed by atoms with Crippen molar-refractivity contribution < 1.29 is 14.3 Å². The van der Waals surface area contributed by atoms with E-state index < -0.39 is 0 Å². The summed E-state index contributed by atoms with van der Waals surface area (Å²) in [6, 6.07) is 16.4. The summed E-state index contributed by atoms with van der Waals surface area (Å²) >= 11 is 0. The van der Waals surface area contributed by atoms with Crippen LogP contribution in [0.25, 0.3) is 5.78 Å². The highest BCUT2D eigenvalue weighted by molar-refractivity contribution is 6.06. The van der Waals surface area contributed by atoms with Gasteiger partial charge in [0.15, 0.2) is 5.82 Å². The quantitative estimate of drug-likeness (QED) is 0.440. The van der Waals surface area contributed by atoms with E-state index >= 15 is 0 Å². The van der Waals surface area contributed by atoms with Crippen molar-refractivity contribution in [2.75, 3.05) is 18.6 Å². The molecule has 0 atom stereocenters. The molecule has 0 unspecified atom stereocenters. The number of nitrogens with zero attached hydrogens (tertiary/aromatic N) is 5. The van der Waals surface area contributed by atoms with Crippen molar-refractivity contribution in [3.63, 3.8) is 0 Å². The van der Waals surface area contributed by atoms with Crippen LogP contribution in [0.15, 0.2) is 54.6 Å². The van der Waals surface area contributed by atoms with Gasteiger partial charge in [-0.05, 0) is 69.3 Å². The molecule has 0 aliphatic rings. The van der Waals surface area contributed by atoms with E-state index in [4.69, 9.17) is 9.47 Å². The Balaban J connectivity index is 1.73. The Labute approximate surface area is 186 Å². The van der Waals surface area contributed by atoms with Crippen molar-refractivity contribution in [2.24, 2.45) is 0 Å². The van der Waals surface area contributed by atoms with E-state index in [1.165, 1.54) is 0 Å². The maximum Gasteiger partial charge on any atom is 0.258 e. The molecule has 0 aliphatic carbocycles. The van der Waals surface area contributed by atoms with Gasteiger partial charge in [0.05, 0.1) is 20.3 Å². The van der Waals surface area contributed by atoms with Crippen molar-refractivity contribution in [1.82, 2.24) is 19.6 Å². The van der Waals surface area contributed by atoms with Crippen LogP contribution in [-0.2, 0) is 6.54 Å². The molecule has 2 aromatic heterocycles. The van der Waals surface area contributed by atoms with Gasteiger partial charge in [-0.25, -0.2) is 9.50 Å². The van der Waals surface area contributed by atoms with Crippen molar-refractivity contribution in [3.8, 4) is 11.5 Å². The van der Waals surface area contributed by atoms with Crippen LogP contribution in [-0.4, -0.2) is 39.2 Å². The fourth-order valence-corrected chi connectivity index (χ4v) is 3.50. The van der Waals surface area contributed by atoms with Crippen LogP contribution < -0.4 is 14.4 Å². The molecular weight excluding hydrogens is 406 g/mol. The Hall–Kier alpha value is -3.94. The zero-order chi connectivity index (χ0) is 22.7. The molecule has 2 aromatic carbocycles. The second kappa shape index (κ2) is 9.05. The fourth-order valence-electron chi connectivity index (χ4n) is 3.50. The van der Waals surface area contributed by atoms with Crippen molar-refractivity contribution >= 4 is 17.4 Å². The van der Waals surface area contributed by atoms with E-state index in [1.54, 1.807) is 40.8 Å². The summed E-state index contributed by atoms with van der Waals surface area (Å²) in [5.41, 5.74) is 3.01. The first kappa shape index (κ1) is 21.3. The number of anilines is 1. The van der Waals surface area contributed by atoms with E-state index in [0.29, 0.717) is 35.2 Å². The molecule has 0 radical (unpaired) electrons. The highest BCUT2D eigenvalue weighted by Gasteiger charge is 2.21. The Kier molecular flexibility index (Phi) is 6.02. The van der Waals surface area contributed by atoms with Gasteiger partial charge in [0.2, 0.25) is 0 Å². The number of benzene rings is 2. The minimum atomic E-state index is -0.187. The fraction of sp³-hybridized carbons (Fsp3) is 0.250. The SMILES string of the molecule is CCOc1ccc(N(Cc2nc3nc(C)cc(C)n3n2)C(=O)c2cccc(OC)c2)cc1. The number of carbonyl (C=O) groups is 1. The number of methoxy groups -OCH3 is 1. The molecule has 2 heterocycles. The van der Waals surface area contributed by atoms with E-state index in [0.717, 1.165) is 17.1 Å². The lowest BCUT2D eigenvalue weighted by Crippen LogP contribution is -2.31. The second-order valence-corrected chi connectivity index (χ2v) is 7.33. The molecular formula is C24H25N5O3. The predicted molar refractivity (Wildman–Crippen MR) is 121 cm³/mol. The minimum Gasteiger partial charge on any atom is -0.497 e. The van der Waals surface area contributed by atoms with E-state index in [1.807, 2.05) is 51.1 Å². The summed E-state index contributed by atoms with van der Waals surface area (Å²) in [5.74, 6) is 2.18. The lowest BCUT2D eigenvalue weighted by atomic mass is 10.1. The average molecular weight is 431 g/mol. The van der Waals surface area contributed by atoms with Gasteiger partial charge in [-0.1, -0.05) is 6.07 Å². The first-order valence-corrected chi connectivity index (χ1v) is 10.4. The molecule has 0 spiro atoms. The Morgan fingerprint density at radius 3 is 2.53 bits per heavy atom. The standard InChI is InChI=1S/C24H25N5O3/c1-5-32-20-11-9-19(10-12-20)28(23(30)18-7-6-8-21(14-18)31-4)15-22-26-24-25-16(2)13-17(3)29(24)27-22/h6-14H,5,15H2,1-4H3. The molecule has 0 aliphatic heterocycles. The Bertz CT molecular complexity index is 1250. The zero-order valence-electron chi connectivity index (χ0n) is 18.6. The van der Waals surface area contributed by atoms with Crippen molar-refractivity contribution in [3.05, 3.63) is 77.4 Å². The highest BCUT2D eigenvalue weighted by atomic mass is 16.5. The number of rotatable bonds is 7. The van der Waals surface area contributed by atoms with Crippen LogP contribution >= 0.6 is 0 Å². The van der Waals surface area contributed by atoms with Gasteiger partial charge in [-0.2, -0.15) is 4.98 Å². The number of aryl methyl sites for hydroxylation is 2. The smallest absolute Gasteiger partial charge is 0.258 e. The molecule has 0 fully saturated rings. The minimum absolute atomic E-state index is 0.186. The molecule has 4 aromatic rings. The molecule has 1 amide bonds. The van der Waals surface area contributed by atoms with Crippen LogP contribution in [0.3, 0.4) is 0 Å². The zero-order valence-corrected chi connectivity index (χ0v) is 18.6. The summed E-state index contributed by atoms with van der Waals surface area (Å²) in [6.07, 6.45) is 0. The first-order chi connectivity index (χ1) is 15.5. The van der Waals surface area contributed by atoms with Crippen molar-refractivity contribution in [1.29, 1.82) is 0 Å². The summed E-state index contributed by atoms with van der Waals surface area (Å²) in [5, 5.41) is 4.58. The molecule has 0 bridgehead atoms. The molecule has 0 N–H and O–H groups in total. The lowest BCUT2D eigenvalue weighted by Gasteiger charge is -2.22. The van der Waals surface area contributed by atoms with Crippen LogP contribution in [0, 0.1) is 13.8 Å². The molecule has 32 heavy (non-hydrogen) atoms. The largest absolute Gasteiger partial charge is 0.497 e. The molecule has 0 saturated carbocycles. The summed E-state index contributed by atoms with van der Waals surface area (Å²) < 4.78 is 12.5. The maximum absolute atomic E-state index is 13.5. The number of fused-ring (bicyclic) bond motifs is 1. The van der Waals surface area contributed by atoms with Gasteiger partial charge in [-0.15, -0.1) is 5.10 Å². The number of aromatic nitrogens is 4. The number of hydrogen-bond donors (Lipinski definition) is 0. The third-order valence-electron chi connectivity index (χ3n) is 4.98. The monoisotopic (exact) mass is 431 g/mol. The van der Waals surface area contributed by atoms with Gasteiger partial charge in [0.25, 0.3) is 11.7 Å². The van der Waals surface area contributed by atoms with E-state index in [-0.39, 0.29) is 12.5 Å². The van der Waals surface area contributed by atoms with E-state index in [9.17, 15) is 4.79 Å². The third-order valence-corrected chi connectivity index (χ3v) is 4.98. The van der Waals surface area contributed by atoms with Crippen molar-refractivity contribution in [2.45, 2.75) is 27.3 Å². The number of ether oxygens (including phenoxy) is 2. The van der Waals surface area contributed by atoms with Gasteiger partial charge in [0.1, 0.15) is 11.5 Å². The average Bonchev–Trinajstić information content (AvgIpc) is 3.21. The second-order valence-electron chi connectivity index (χ2n) is 7.33. The third kappa shape index (κ3) is 4.39. The predicted octanol–water partition coefficient (Wildman–Crippen LogP) is 4.00. The summed E-state index contributed by atoms with van der Waals surface area (Å²) in [7, 11) is 1.58. The topological polar surface area (TPSA) is 81.9 Å². The molecule has 164 valence electrons. The highest BCUT2D eigenvalue weighted by Crippen LogP contribution is 2.24. The normalized spacial score (nSPS) is 10.9. The van der Waals surface area contributed by atoms with E-state index in [2.05, 4.69) is 15.1 Å². The number of amides is 1. The van der Waals surface area contributed by atoms with Gasteiger partial charge < -0.3 is 14.4 Å². The van der Waals surface area contributed by atoms with Gasteiger partial charge in [0, 0.05) is 22.6 Å². The van der Waals surface area contributed by atoms with Crippen LogP contribution in [0.2, 0.25) is 0 Å². The molecule has 4 rings (SSSR count). The summed E-state index contributed by atoms with van der Waals surface area (Å²) in [6.45, 7) is 6.56. The first-order valence-electron chi connectivity index (χ1n) is 10.4.